The van der Waals surface area contributed by atoms with Crippen molar-refractivity contribution in [3.8, 4) is 0 Å². The van der Waals surface area contributed by atoms with E-state index in [1.54, 1.807) is 17.5 Å². The third-order valence-electron chi connectivity index (χ3n) is 5.97. The van der Waals surface area contributed by atoms with Gasteiger partial charge in [0, 0.05) is 36.6 Å². The van der Waals surface area contributed by atoms with Crippen LogP contribution in [-0.4, -0.2) is 49.2 Å². The van der Waals surface area contributed by atoms with Crippen LogP contribution in [0.25, 0.3) is 0 Å². The Morgan fingerprint density at radius 2 is 1.83 bits per heavy atom. The van der Waals surface area contributed by atoms with Gasteiger partial charge in [0.2, 0.25) is 5.91 Å². The van der Waals surface area contributed by atoms with E-state index in [9.17, 15) is 13.2 Å². The molecule has 0 spiro atoms. The number of rotatable bonds is 5. The monoisotopic (exact) mass is 452 g/mol. The number of benzene rings is 1. The van der Waals surface area contributed by atoms with E-state index in [1.807, 2.05) is 29.2 Å². The first kappa shape index (κ1) is 20.8. The number of amides is 1. The molecule has 4 rings (SSSR count). The summed E-state index contributed by atoms with van der Waals surface area (Å²) in [4.78, 5) is 15.2. The number of carbonyl (C=O) groups is 1. The molecular formula is C21H25ClN2O3S2. The number of hydrogen-bond donors (Lipinski definition) is 0. The molecule has 8 heteroatoms. The van der Waals surface area contributed by atoms with Crippen LogP contribution in [0.1, 0.15) is 31.2 Å². The maximum absolute atomic E-state index is 13.2. The molecule has 0 aliphatic carbocycles. The third kappa shape index (κ3) is 4.38. The molecule has 1 amide bonds. The first-order valence-electron chi connectivity index (χ1n) is 10.0. The first-order valence-corrected chi connectivity index (χ1v) is 12.7. The van der Waals surface area contributed by atoms with Gasteiger partial charge in [-0.2, -0.15) is 4.31 Å². The van der Waals surface area contributed by atoms with E-state index in [0.29, 0.717) is 30.1 Å². The van der Waals surface area contributed by atoms with Gasteiger partial charge in [-0.25, -0.2) is 8.42 Å². The molecule has 3 heterocycles. The standard InChI is InChI=1S/C21H25ClN2O3S2/c22-19-7-2-1-5-17(19)15-18-6-3-11-24(18)21(25)16-9-12-23(13-10-16)29(26,27)20-8-4-14-28-20/h1-2,4-5,7-8,14,16,18H,3,6,9-13,15H2. The van der Waals surface area contributed by atoms with Gasteiger partial charge in [0.15, 0.2) is 0 Å². The topological polar surface area (TPSA) is 57.7 Å². The average Bonchev–Trinajstić information content (AvgIpc) is 3.42. The van der Waals surface area contributed by atoms with Crippen molar-refractivity contribution in [2.24, 2.45) is 5.92 Å². The number of hydrogen-bond acceptors (Lipinski definition) is 4. The molecule has 2 aromatic rings. The summed E-state index contributed by atoms with van der Waals surface area (Å²) in [5.74, 6) is 0.0735. The lowest BCUT2D eigenvalue weighted by atomic mass is 9.95. The van der Waals surface area contributed by atoms with Crippen LogP contribution >= 0.6 is 22.9 Å². The van der Waals surface area contributed by atoms with Crippen molar-refractivity contribution in [2.75, 3.05) is 19.6 Å². The van der Waals surface area contributed by atoms with Crippen LogP contribution in [0.4, 0.5) is 0 Å². The second-order valence-electron chi connectivity index (χ2n) is 7.73. The number of sulfonamides is 1. The summed E-state index contributed by atoms with van der Waals surface area (Å²) in [7, 11) is -3.43. The zero-order valence-electron chi connectivity index (χ0n) is 16.2. The fraction of sp³-hybridized carbons (Fsp3) is 0.476. The summed E-state index contributed by atoms with van der Waals surface area (Å²) < 4.78 is 27.3. The maximum Gasteiger partial charge on any atom is 0.252 e. The summed E-state index contributed by atoms with van der Waals surface area (Å²) in [6, 6.07) is 11.4. The van der Waals surface area contributed by atoms with E-state index < -0.39 is 10.0 Å². The van der Waals surface area contributed by atoms with Gasteiger partial charge in [0.25, 0.3) is 10.0 Å². The minimum absolute atomic E-state index is 0.100. The molecule has 0 radical (unpaired) electrons. The molecule has 156 valence electrons. The second kappa shape index (κ2) is 8.76. The van der Waals surface area contributed by atoms with Gasteiger partial charge in [-0.05, 0) is 55.2 Å². The van der Waals surface area contributed by atoms with E-state index >= 15 is 0 Å². The van der Waals surface area contributed by atoms with Crippen LogP contribution in [0.2, 0.25) is 5.02 Å². The van der Waals surface area contributed by atoms with Gasteiger partial charge < -0.3 is 4.90 Å². The highest BCUT2D eigenvalue weighted by Gasteiger charge is 2.37. The Balaban J connectivity index is 1.38. The van der Waals surface area contributed by atoms with Crippen LogP contribution in [-0.2, 0) is 21.2 Å². The molecule has 0 saturated carbocycles. The fourth-order valence-corrected chi connectivity index (χ4v) is 7.20. The predicted molar refractivity (Wildman–Crippen MR) is 116 cm³/mol. The number of halogens is 1. The van der Waals surface area contributed by atoms with Gasteiger partial charge in [0.05, 0.1) is 0 Å². The highest BCUT2D eigenvalue weighted by Crippen LogP contribution is 2.31. The van der Waals surface area contributed by atoms with Crippen LogP contribution in [0.5, 0.6) is 0 Å². The number of piperidine rings is 1. The molecule has 2 aliphatic rings. The molecule has 1 atom stereocenters. The van der Waals surface area contributed by atoms with E-state index in [-0.39, 0.29) is 17.9 Å². The molecule has 2 aliphatic heterocycles. The summed E-state index contributed by atoms with van der Waals surface area (Å²) in [5.41, 5.74) is 1.08. The van der Waals surface area contributed by atoms with Crippen molar-refractivity contribution in [3.63, 3.8) is 0 Å². The van der Waals surface area contributed by atoms with Crippen molar-refractivity contribution in [1.82, 2.24) is 9.21 Å². The Kier molecular flexibility index (Phi) is 6.30. The molecule has 1 aromatic heterocycles. The van der Waals surface area contributed by atoms with Crippen molar-refractivity contribution in [1.29, 1.82) is 0 Å². The second-order valence-corrected chi connectivity index (χ2v) is 11.3. The molecule has 2 fully saturated rings. The highest BCUT2D eigenvalue weighted by molar-refractivity contribution is 7.91. The van der Waals surface area contributed by atoms with Crippen LogP contribution < -0.4 is 0 Å². The molecule has 0 N–H and O–H groups in total. The smallest absolute Gasteiger partial charge is 0.252 e. The van der Waals surface area contributed by atoms with Gasteiger partial charge in [-0.1, -0.05) is 35.9 Å². The summed E-state index contributed by atoms with van der Waals surface area (Å²) in [5, 5.41) is 2.52. The van der Waals surface area contributed by atoms with Gasteiger partial charge in [-0.3, -0.25) is 4.79 Å². The maximum atomic E-state index is 13.2. The third-order valence-corrected chi connectivity index (χ3v) is 9.61. The van der Waals surface area contributed by atoms with E-state index in [2.05, 4.69) is 0 Å². The molecule has 1 aromatic carbocycles. The summed E-state index contributed by atoms with van der Waals surface area (Å²) in [6.45, 7) is 1.58. The molecule has 2 saturated heterocycles. The van der Waals surface area contributed by atoms with E-state index in [1.165, 1.54) is 15.6 Å². The Bertz CT molecular complexity index is 954. The van der Waals surface area contributed by atoms with Crippen molar-refractivity contribution in [3.05, 3.63) is 52.4 Å². The lowest BCUT2D eigenvalue weighted by Gasteiger charge is -2.34. The molecule has 29 heavy (non-hydrogen) atoms. The normalized spacial score (nSPS) is 21.6. The van der Waals surface area contributed by atoms with E-state index in [4.69, 9.17) is 11.6 Å². The summed E-state index contributed by atoms with van der Waals surface area (Å²) in [6.07, 6.45) is 3.93. The van der Waals surface area contributed by atoms with Crippen molar-refractivity contribution >= 4 is 38.9 Å². The summed E-state index contributed by atoms with van der Waals surface area (Å²) >= 11 is 7.55. The van der Waals surface area contributed by atoms with Crippen LogP contribution in [0.3, 0.4) is 0 Å². The van der Waals surface area contributed by atoms with Crippen molar-refractivity contribution < 1.29 is 13.2 Å². The average molecular weight is 453 g/mol. The first-order chi connectivity index (χ1) is 14.0. The van der Waals surface area contributed by atoms with Crippen LogP contribution in [0, 0.1) is 5.92 Å². The molecule has 5 nitrogen and oxygen atoms in total. The Morgan fingerprint density at radius 3 is 2.52 bits per heavy atom. The highest BCUT2D eigenvalue weighted by atomic mass is 35.5. The van der Waals surface area contributed by atoms with Gasteiger partial charge in [0.1, 0.15) is 4.21 Å². The molecule has 1 unspecified atom stereocenters. The van der Waals surface area contributed by atoms with Gasteiger partial charge >= 0.3 is 0 Å². The minimum atomic E-state index is -3.43. The Labute approximate surface area is 181 Å². The number of nitrogens with zero attached hydrogens (tertiary/aromatic N) is 2. The van der Waals surface area contributed by atoms with E-state index in [0.717, 1.165) is 36.4 Å². The number of thiophene rings is 1. The molecule has 0 bridgehead atoms. The quantitative estimate of drug-likeness (QED) is 0.688. The SMILES string of the molecule is O=C(C1CCN(S(=O)(=O)c2cccs2)CC1)N1CCCC1Cc1ccccc1Cl. The minimum Gasteiger partial charge on any atom is -0.339 e. The zero-order chi connectivity index (χ0) is 20.4. The van der Waals surface area contributed by atoms with Gasteiger partial charge in [-0.15, -0.1) is 11.3 Å². The Hall–Kier alpha value is -1.41. The molecular weight excluding hydrogens is 428 g/mol. The lowest BCUT2D eigenvalue weighted by molar-refractivity contribution is -0.137. The predicted octanol–water partition coefficient (Wildman–Crippen LogP) is 4.04. The largest absolute Gasteiger partial charge is 0.339 e. The van der Waals surface area contributed by atoms with Crippen LogP contribution in [0.15, 0.2) is 46.0 Å². The fourth-order valence-electron chi connectivity index (χ4n) is 4.37. The number of likely N-dealkylation sites (tertiary alicyclic amines) is 1. The Morgan fingerprint density at radius 1 is 1.07 bits per heavy atom. The lowest BCUT2D eigenvalue weighted by Crippen LogP contribution is -2.46. The number of carbonyl (C=O) groups excluding carboxylic acids is 1. The zero-order valence-corrected chi connectivity index (χ0v) is 18.6. The van der Waals surface area contributed by atoms with Crippen molar-refractivity contribution in [2.45, 2.75) is 42.4 Å².